The minimum Gasteiger partial charge on any atom is -0.466 e. The summed E-state index contributed by atoms with van der Waals surface area (Å²) < 4.78 is 28.7. The molecule has 0 aromatic heterocycles. The van der Waals surface area contributed by atoms with Crippen molar-refractivity contribution in [2.24, 2.45) is 0 Å². The fraction of sp³-hybridized carbons (Fsp3) is 0.692. The molecule has 22 heavy (non-hydrogen) atoms. The fourth-order valence-electron chi connectivity index (χ4n) is 2.06. The lowest BCUT2D eigenvalue weighted by Gasteiger charge is -2.31. The predicted octanol–water partition coefficient (Wildman–Crippen LogP) is -0.508. The average molecular weight is 334 g/mol. The molecule has 1 atom stereocenters. The standard InChI is InChI=1S/C13H22N2O6S/c1-20-12(16)2-3-13(17)21-11-4-7-15(8-5-11)9-6-14-10-22(18)19/h2-3,11,14H,4-10H2,1H3,(H,18,19)/b3-2-. The van der Waals surface area contributed by atoms with Crippen LogP contribution in [0.2, 0.25) is 0 Å². The first-order valence-electron chi connectivity index (χ1n) is 6.98. The molecule has 0 bridgehead atoms. The highest BCUT2D eigenvalue weighted by molar-refractivity contribution is 7.79. The van der Waals surface area contributed by atoms with Crippen LogP contribution in [-0.4, -0.2) is 70.9 Å². The summed E-state index contributed by atoms with van der Waals surface area (Å²) in [6.45, 7) is 3.00. The Labute approximate surface area is 132 Å². The SMILES string of the molecule is COC(=O)/C=C\C(=O)OC1CCN(CCNCS(=O)O)CC1. The van der Waals surface area contributed by atoms with Crippen molar-refractivity contribution in [3.05, 3.63) is 12.2 Å². The van der Waals surface area contributed by atoms with Gasteiger partial charge >= 0.3 is 11.9 Å². The largest absolute Gasteiger partial charge is 0.466 e. The number of nitrogens with zero attached hydrogens (tertiary/aromatic N) is 1. The number of ether oxygens (including phenoxy) is 2. The molecule has 2 N–H and O–H groups in total. The van der Waals surface area contributed by atoms with E-state index in [0.717, 1.165) is 44.6 Å². The maximum Gasteiger partial charge on any atom is 0.331 e. The highest BCUT2D eigenvalue weighted by atomic mass is 32.2. The van der Waals surface area contributed by atoms with Crippen molar-refractivity contribution in [1.82, 2.24) is 10.2 Å². The van der Waals surface area contributed by atoms with Crippen LogP contribution in [0.15, 0.2) is 12.2 Å². The Balaban J connectivity index is 2.17. The Kier molecular flexibility index (Phi) is 8.90. The van der Waals surface area contributed by atoms with Crippen molar-refractivity contribution in [3.8, 4) is 0 Å². The minimum atomic E-state index is -1.82. The van der Waals surface area contributed by atoms with Gasteiger partial charge in [-0.25, -0.2) is 13.8 Å². The quantitative estimate of drug-likeness (QED) is 0.265. The van der Waals surface area contributed by atoms with Gasteiger partial charge in [-0.3, -0.25) is 0 Å². The van der Waals surface area contributed by atoms with Gasteiger partial charge < -0.3 is 24.2 Å². The summed E-state index contributed by atoms with van der Waals surface area (Å²) in [6, 6.07) is 0. The van der Waals surface area contributed by atoms with Crippen molar-refractivity contribution in [1.29, 1.82) is 0 Å². The van der Waals surface area contributed by atoms with Crippen molar-refractivity contribution < 1.29 is 27.8 Å². The summed E-state index contributed by atoms with van der Waals surface area (Å²) in [5.41, 5.74) is 0. The number of carbonyl (C=O) groups excluding carboxylic acids is 2. The number of carbonyl (C=O) groups is 2. The van der Waals surface area contributed by atoms with Gasteiger partial charge in [-0.2, -0.15) is 0 Å². The van der Waals surface area contributed by atoms with Gasteiger partial charge in [-0.15, -0.1) is 0 Å². The van der Waals surface area contributed by atoms with Crippen LogP contribution < -0.4 is 5.32 Å². The van der Waals surface area contributed by atoms with Gasteiger partial charge in [-0.1, -0.05) is 0 Å². The van der Waals surface area contributed by atoms with Gasteiger partial charge in [0.1, 0.15) is 6.10 Å². The molecule has 0 amide bonds. The van der Waals surface area contributed by atoms with Crippen molar-refractivity contribution in [2.75, 3.05) is 39.2 Å². The highest BCUT2D eigenvalue weighted by Crippen LogP contribution is 2.13. The van der Waals surface area contributed by atoms with Crippen LogP contribution in [0.5, 0.6) is 0 Å². The van der Waals surface area contributed by atoms with E-state index in [1.165, 1.54) is 7.11 Å². The van der Waals surface area contributed by atoms with E-state index in [9.17, 15) is 13.8 Å². The number of esters is 2. The fourth-order valence-corrected chi connectivity index (χ4v) is 2.37. The van der Waals surface area contributed by atoms with E-state index < -0.39 is 23.0 Å². The van der Waals surface area contributed by atoms with Gasteiger partial charge in [0.05, 0.1) is 13.0 Å². The molecule has 1 saturated heterocycles. The Bertz CT molecular complexity index is 421. The molecule has 1 rings (SSSR count). The van der Waals surface area contributed by atoms with Crippen LogP contribution >= 0.6 is 0 Å². The van der Waals surface area contributed by atoms with Gasteiger partial charge in [0.25, 0.3) is 0 Å². The minimum absolute atomic E-state index is 0.0700. The average Bonchev–Trinajstić information content (AvgIpc) is 2.50. The van der Waals surface area contributed by atoms with Crippen LogP contribution in [0.25, 0.3) is 0 Å². The first-order valence-corrected chi connectivity index (χ1v) is 8.26. The number of methoxy groups -OCH3 is 1. The Hall–Kier alpha value is -1.29. The molecule has 0 aromatic rings. The predicted molar refractivity (Wildman–Crippen MR) is 80.4 cm³/mol. The van der Waals surface area contributed by atoms with Crippen LogP contribution in [0.3, 0.4) is 0 Å². The van der Waals surface area contributed by atoms with Crippen LogP contribution in [0.1, 0.15) is 12.8 Å². The molecular formula is C13H22N2O6S. The van der Waals surface area contributed by atoms with Crippen molar-refractivity contribution in [3.63, 3.8) is 0 Å². The van der Waals surface area contributed by atoms with E-state index in [0.29, 0.717) is 6.54 Å². The molecule has 8 nitrogen and oxygen atoms in total. The van der Waals surface area contributed by atoms with Gasteiger partial charge in [0, 0.05) is 38.3 Å². The maximum absolute atomic E-state index is 11.5. The summed E-state index contributed by atoms with van der Waals surface area (Å²) in [4.78, 5) is 24.5. The van der Waals surface area contributed by atoms with Gasteiger partial charge in [-0.05, 0) is 12.8 Å². The number of hydrogen-bond donors (Lipinski definition) is 2. The summed E-state index contributed by atoms with van der Waals surface area (Å²) >= 11 is -1.82. The Morgan fingerprint density at radius 3 is 2.55 bits per heavy atom. The Morgan fingerprint density at radius 1 is 1.32 bits per heavy atom. The van der Waals surface area contributed by atoms with Crippen molar-refractivity contribution in [2.45, 2.75) is 18.9 Å². The molecular weight excluding hydrogens is 312 g/mol. The first-order chi connectivity index (χ1) is 10.5. The summed E-state index contributed by atoms with van der Waals surface area (Å²) in [5.74, 6) is -1.07. The van der Waals surface area contributed by atoms with E-state index in [1.54, 1.807) is 0 Å². The molecule has 0 aromatic carbocycles. The van der Waals surface area contributed by atoms with Gasteiger partial charge in [0.15, 0.2) is 11.1 Å². The zero-order chi connectivity index (χ0) is 16.4. The molecule has 1 heterocycles. The third-order valence-corrected chi connectivity index (χ3v) is 3.66. The lowest BCUT2D eigenvalue weighted by atomic mass is 10.1. The zero-order valence-electron chi connectivity index (χ0n) is 12.5. The third-order valence-electron chi connectivity index (χ3n) is 3.20. The molecule has 0 aliphatic carbocycles. The lowest BCUT2D eigenvalue weighted by molar-refractivity contribution is -0.145. The summed E-state index contributed by atoms with van der Waals surface area (Å²) in [5, 5.41) is 2.88. The molecule has 0 radical (unpaired) electrons. The second-order valence-electron chi connectivity index (χ2n) is 4.80. The number of rotatable bonds is 8. The maximum atomic E-state index is 11.5. The van der Waals surface area contributed by atoms with E-state index in [-0.39, 0.29) is 12.0 Å². The lowest BCUT2D eigenvalue weighted by Crippen LogP contribution is -2.41. The monoisotopic (exact) mass is 334 g/mol. The molecule has 1 aliphatic heterocycles. The molecule has 9 heteroatoms. The van der Waals surface area contributed by atoms with Crippen LogP contribution in [-0.2, 0) is 30.1 Å². The topological polar surface area (TPSA) is 105 Å². The normalized spacial score (nSPS) is 18.3. The number of nitrogens with one attached hydrogen (secondary N) is 1. The van der Waals surface area contributed by atoms with Gasteiger partial charge in [0.2, 0.25) is 0 Å². The Morgan fingerprint density at radius 2 is 1.95 bits per heavy atom. The van der Waals surface area contributed by atoms with E-state index in [4.69, 9.17) is 9.29 Å². The van der Waals surface area contributed by atoms with E-state index in [1.807, 2.05) is 0 Å². The number of hydrogen-bond acceptors (Lipinski definition) is 7. The second-order valence-corrected chi connectivity index (χ2v) is 5.73. The first kappa shape index (κ1) is 18.8. The highest BCUT2D eigenvalue weighted by Gasteiger charge is 2.21. The molecule has 126 valence electrons. The summed E-state index contributed by atoms with van der Waals surface area (Å²) in [6.07, 6.45) is 3.41. The zero-order valence-corrected chi connectivity index (χ0v) is 13.3. The molecule has 0 spiro atoms. The van der Waals surface area contributed by atoms with E-state index >= 15 is 0 Å². The van der Waals surface area contributed by atoms with Crippen LogP contribution in [0, 0.1) is 0 Å². The molecule has 1 fully saturated rings. The summed E-state index contributed by atoms with van der Waals surface area (Å²) in [7, 11) is 1.24. The third kappa shape index (κ3) is 8.23. The molecule has 0 saturated carbocycles. The van der Waals surface area contributed by atoms with Crippen LogP contribution in [0.4, 0.5) is 0 Å². The number of piperidine rings is 1. The second kappa shape index (κ2) is 10.4. The number of likely N-dealkylation sites (tertiary alicyclic amines) is 1. The molecule has 1 unspecified atom stereocenters. The smallest absolute Gasteiger partial charge is 0.331 e. The molecule has 1 aliphatic rings. The van der Waals surface area contributed by atoms with Crippen molar-refractivity contribution >= 4 is 23.0 Å². The van der Waals surface area contributed by atoms with E-state index in [2.05, 4.69) is 15.0 Å².